The molecule has 0 spiro atoms. The number of pyridine rings is 1. The van der Waals surface area contributed by atoms with Gasteiger partial charge in [0.15, 0.2) is 17.3 Å². The van der Waals surface area contributed by atoms with Crippen LogP contribution in [0.2, 0.25) is 0 Å². The molecular weight excluding hydrogens is 491 g/mol. The highest BCUT2D eigenvalue weighted by Gasteiger charge is 2.28. The molecule has 2 aliphatic heterocycles. The third-order valence-electron chi connectivity index (χ3n) is 7.17. The SMILES string of the molecule is CC[C@@H](c1nnnn1C[C@H]1CCCO1)N(Cc1ccc(F)cc1)Cc1cc2cc3c(cc2[nH]c1=O)OCO3. The van der Waals surface area contributed by atoms with Crippen LogP contribution in [0.25, 0.3) is 10.9 Å². The van der Waals surface area contributed by atoms with Crippen molar-refractivity contribution in [1.29, 1.82) is 0 Å². The minimum Gasteiger partial charge on any atom is -0.454 e. The van der Waals surface area contributed by atoms with Crippen LogP contribution in [-0.4, -0.2) is 49.6 Å². The van der Waals surface area contributed by atoms with Crippen LogP contribution in [-0.2, 0) is 24.4 Å². The van der Waals surface area contributed by atoms with Gasteiger partial charge in [-0.25, -0.2) is 9.07 Å². The van der Waals surface area contributed by atoms with Crippen LogP contribution < -0.4 is 15.0 Å². The summed E-state index contributed by atoms with van der Waals surface area (Å²) < 4.78 is 32.3. The van der Waals surface area contributed by atoms with E-state index in [1.54, 1.807) is 18.2 Å². The van der Waals surface area contributed by atoms with E-state index in [-0.39, 0.29) is 30.3 Å². The third kappa shape index (κ3) is 4.99. The lowest BCUT2D eigenvalue weighted by Gasteiger charge is -2.30. The average Bonchev–Trinajstić information content (AvgIpc) is 3.68. The van der Waals surface area contributed by atoms with Crippen LogP contribution in [0.5, 0.6) is 11.5 Å². The third-order valence-corrected chi connectivity index (χ3v) is 7.17. The predicted molar refractivity (Wildman–Crippen MR) is 136 cm³/mol. The van der Waals surface area contributed by atoms with Gasteiger partial charge in [0.25, 0.3) is 5.56 Å². The van der Waals surface area contributed by atoms with Gasteiger partial charge in [-0.05, 0) is 59.5 Å². The molecule has 2 aliphatic rings. The lowest BCUT2D eigenvalue weighted by atomic mass is 10.1. The molecule has 2 atom stereocenters. The fraction of sp³-hybridized carbons (Fsp3) is 0.407. The summed E-state index contributed by atoms with van der Waals surface area (Å²) in [6, 6.07) is 11.8. The summed E-state index contributed by atoms with van der Waals surface area (Å²) >= 11 is 0. The molecule has 6 rings (SSSR count). The highest BCUT2D eigenvalue weighted by Crippen LogP contribution is 2.35. The van der Waals surface area contributed by atoms with Gasteiger partial charge < -0.3 is 19.2 Å². The highest BCUT2D eigenvalue weighted by atomic mass is 19.1. The van der Waals surface area contributed by atoms with Crippen molar-refractivity contribution in [2.45, 2.75) is 58.0 Å². The Kier molecular flexibility index (Phi) is 6.77. The molecule has 0 aliphatic carbocycles. The van der Waals surface area contributed by atoms with Crippen molar-refractivity contribution in [3.8, 4) is 11.5 Å². The lowest BCUT2D eigenvalue weighted by molar-refractivity contribution is 0.0888. The summed E-state index contributed by atoms with van der Waals surface area (Å²) in [4.78, 5) is 18.3. The van der Waals surface area contributed by atoms with E-state index < -0.39 is 0 Å². The zero-order valence-electron chi connectivity index (χ0n) is 21.1. The number of H-pyrrole nitrogens is 1. The van der Waals surface area contributed by atoms with E-state index in [9.17, 15) is 9.18 Å². The standard InChI is InChI=1S/C27H29FN6O4/c1-2-23(26-30-31-32-34(26)15-21-4-3-9-36-21)33(13-17-5-7-20(28)8-6-17)14-19-10-18-11-24-25(38-16-37-24)12-22(18)29-27(19)35/h5-8,10-12,21,23H,2-4,9,13-16H2,1H3,(H,29,35)/t21-,23+/m1/s1. The number of tetrazole rings is 1. The number of aromatic amines is 1. The van der Waals surface area contributed by atoms with Gasteiger partial charge in [-0.3, -0.25) is 9.69 Å². The Hall–Kier alpha value is -3.83. The molecule has 0 amide bonds. The van der Waals surface area contributed by atoms with Crippen molar-refractivity contribution in [3.05, 3.63) is 75.6 Å². The van der Waals surface area contributed by atoms with E-state index in [2.05, 4.69) is 32.3 Å². The van der Waals surface area contributed by atoms with Crippen molar-refractivity contribution >= 4 is 10.9 Å². The number of hydrogen-bond acceptors (Lipinski definition) is 8. The molecule has 0 radical (unpaired) electrons. The number of nitrogens with one attached hydrogen (secondary N) is 1. The molecule has 4 heterocycles. The van der Waals surface area contributed by atoms with Crippen LogP contribution in [0.3, 0.4) is 0 Å². The van der Waals surface area contributed by atoms with Crippen LogP contribution in [0.4, 0.5) is 4.39 Å². The van der Waals surface area contributed by atoms with Gasteiger partial charge in [0.1, 0.15) is 5.82 Å². The Morgan fingerprint density at radius 2 is 1.97 bits per heavy atom. The molecule has 0 unspecified atom stereocenters. The number of rotatable bonds is 9. The molecule has 0 saturated carbocycles. The van der Waals surface area contributed by atoms with Crippen molar-refractivity contribution in [3.63, 3.8) is 0 Å². The first-order chi connectivity index (χ1) is 18.6. The van der Waals surface area contributed by atoms with Gasteiger partial charge in [0.05, 0.1) is 24.2 Å². The minimum atomic E-state index is -0.294. The van der Waals surface area contributed by atoms with Crippen molar-refractivity contribution < 1.29 is 18.6 Å². The number of halogens is 1. The fourth-order valence-corrected chi connectivity index (χ4v) is 5.24. The Morgan fingerprint density at radius 1 is 1.16 bits per heavy atom. The molecule has 198 valence electrons. The quantitative estimate of drug-likeness (QED) is 0.356. The minimum absolute atomic E-state index is 0.0802. The lowest BCUT2D eigenvalue weighted by Crippen LogP contribution is -2.33. The second-order valence-electron chi connectivity index (χ2n) is 9.73. The van der Waals surface area contributed by atoms with E-state index in [0.29, 0.717) is 54.5 Å². The van der Waals surface area contributed by atoms with Crippen LogP contribution >= 0.6 is 0 Å². The summed E-state index contributed by atoms with van der Waals surface area (Å²) in [7, 11) is 0. The maximum absolute atomic E-state index is 13.6. The van der Waals surface area contributed by atoms with E-state index in [1.165, 1.54) is 12.1 Å². The topological polar surface area (TPSA) is 107 Å². The van der Waals surface area contributed by atoms with Crippen LogP contribution in [0.15, 0.2) is 47.3 Å². The zero-order valence-corrected chi connectivity index (χ0v) is 21.1. The van der Waals surface area contributed by atoms with Gasteiger partial charge in [0, 0.05) is 36.7 Å². The van der Waals surface area contributed by atoms with E-state index in [1.807, 2.05) is 16.8 Å². The fourth-order valence-electron chi connectivity index (χ4n) is 5.24. The van der Waals surface area contributed by atoms with Gasteiger partial charge in [-0.1, -0.05) is 19.1 Å². The first kappa shape index (κ1) is 24.5. The number of fused-ring (bicyclic) bond motifs is 2. The number of aromatic nitrogens is 5. The Balaban J connectivity index is 1.35. The Labute approximate surface area is 218 Å². The first-order valence-electron chi connectivity index (χ1n) is 12.9. The maximum atomic E-state index is 13.6. The summed E-state index contributed by atoms with van der Waals surface area (Å²) in [6.45, 7) is 4.37. The smallest absolute Gasteiger partial charge is 0.252 e. The molecule has 1 N–H and O–H groups in total. The molecular formula is C27H29FN6O4. The number of ether oxygens (including phenoxy) is 3. The van der Waals surface area contributed by atoms with Crippen LogP contribution in [0.1, 0.15) is 49.2 Å². The van der Waals surface area contributed by atoms with E-state index in [4.69, 9.17) is 14.2 Å². The van der Waals surface area contributed by atoms with Crippen molar-refractivity contribution in [2.75, 3.05) is 13.4 Å². The molecule has 38 heavy (non-hydrogen) atoms. The monoisotopic (exact) mass is 520 g/mol. The Morgan fingerprint density at radius 3 is 2.74 bits per heavy atom. The van der Waals surface area contributed by atoms with E-state index >= 15 is 0 Å². The predicted octanol–water partition coefficient (Wildman–Crippen LogP) is 3.71. The number of benzene rings is 2. The summed E-state index contributed by atoms with van der Waals surface area (Å²) in [5.74, 6) is 1.68. The molecule has 1 saturated heterocycles. The van der Waals surface area contributed by atoms with Crippen LogP contribution in [0, 0.1) is 5.82 Å². The van der Waals surface area contributed by atoms with Crippen molar-refractivity contribution in [2.24, 2.45) is 0 Å². The first-order valence-corrected chi connectivity index (χ1v) is 12.9. The van der Waals surface area contributed by atoms with Crippen molar-refractivity contribution in [1.82, 2.24) is 30.1 Å². The second-order valence-corrected chi connectivity index (χ2v) is 9.73. The maximum Gasteiger partial charge on any atom is 0.252 e. The summed E-state index contributed by atoms with van der Waals surface area (Å²) in [6.07, 6.45) is 2.79. The Bertz CT molecular complexity index is 1480. The molecule has 1 fully saturated rings. The second kappa shape index (κ2) is 10.5. The normalized spacial score (nSPS) is 17.5. The zero-order chi connectivity index (χ0) is 26.1. The van der Waals surface area contributed by atoms with Gasteiger partial charge in [-0.15, -0.1) is 5.10 Å². The molecule has 0 bridgehead atoms. The molecule has 2 aromatic heterocycles. The van der Waals surface area contributed by atoms with Gasteiger partial charge in [-0.2, -0.15) is 0 Å². The number of hydrogen-bond donors (Lipinski definition) is 1. The van der Waals surface area contributed by atoms with Gasteiger partial charge in [0.2, 0.25) is 6.79 Å². The summed E-state index contributed by atoms with van der Waals surface area (Å²) in [5, 5.41) is 13.5. The molecule has 11 heteroatoms. The summed E-state index contributed by atoms with van der Waals surface area (Å²) in [5.41, 5.74) is 2.01. The largest absolute Gasteiger partial charge is 0.454 e. The van der Waals surface area contributed by atoms with E-state index in [0.717, 1.165) is 30.4 Å². The number of nitrogens with zero attached hydrogens (tertiary/aromatic N) is 5. The molecule has 10 nitrogen and oxygen atoms in total. The average molecular weight is 521 g/mol. The molecule has 2 aromatic carbocycles. The highest BCUT2D eigenvalue weighted by molar-refractivity contribution is 5.83. The van der Waals surface area contributed by atoms with Gasteiger partial charge >= 0.3 is 0 Å². The molecule has 4 aromatic rings.